The number of carbonyl (C=O) groups excluding carboxylic acids is 2. The number of carbonyl (C=O) groups is 2. The number of rotatable bonds is 6. The Labute approximate surface area is 159 Å². The molecule has 1 fully saturated rings. The highest BCUT2D eigenvalue weighted by molar-refractivity contribution is 5.94. The van der Waals surface area contributed by atoms with Crippen LogP contribution in [0.3, 0.4) is 0 Å². The minimum atomic E-state index is -0.221. The Hall–Kier alpha value is -2.89. The van der Waals surface area contributed by atoms with Crippen molar-refractivity contribution in [1.29, 1.82) is 0 Å². The Balaban J connectivity index is 1.70. The van der Waals surface area contributed by atoms with Crippen LogP contribution in [0.1, 0.15) is 66.2 Å². The Morgan fingerprint density at radius 3 is 2.74 bits per heavy atom. The van der Waals surface area contributed by atoms with Gasteiger partial charge in [-0.2, -0.15) is 0 Å². The predicted molar refractivity (Wildman–Crippen MR) is 102 cm³/mol. The Morgan fingerprint density at radius 2 is 2.11 bits per heavy atom. The molecular weight excluding hydrogens is 342 g/mol. The fraction of sp³-hybridized carbons (Fsp3) is 0.381. The summed E-state index contributed by atoms with van der Waals surface area (Å²) in [7, 11) is 0. The lowest BCUT2D eigenvalue weighted by molar-refractivity contribution is -0.116. The molecule has 1 saturated heterocycles. The normalized spacial score (nSPS) is 16.6. The van der Waals surface area contributed by atoms with Crippen LogP contribution in [0.2, 0.25) is 0 Å². The minimum Gasteiger partial charge on any atom is -0.446 e. The molecule has 6 heteroatoms. The largest absolute Gasteiger partial charge is 0.446 e. The molecule has 0 radical (unpaired) electrons. The molecule has 1 aromatic heterocycles. The van der Waals surface area contributed by atoms with Gasteiger partial charge in [0.25, 0.3) is 5.91 Å². The lowest BCUT2D eigenvalue weighted by Crippen LogP contribution is -2.30. The second kappa shape index (κ2) is 8.20. The molecule has 1 aliphatic heterocycles. The van der Waals surface area contributed by atoms with Gasteiger partial charge in [-0.15, -0.1) is 0 Å². The molecule has 6 nitrogen and oxygen atoms in total. The Bertz CT molecular complexity index is 823. The zero-order valence-corrected chi connectivity index (χ0v) is 15.8. The van der Waals surface area contributed by atoms with E-state index in [1.165, 1.54) is 6.08 Å². The highest BCUT2D eigenvalue weighted by atomic mass is 16.3. The van der Waals surface area contributed by atoms with Crippen molar-refractivity contribution < 1.29 is 14.0 Å². The first kappa shape index (κ1) is 18.9. The van der Waals surface area contributed by atoms with Crippen LogP contribution in [0.5, 0.6) is 0 Å². The van der Waals surface area contributed by atoms with Crippen LogP contribution < -0.4 is 5.32 Å². The van der Waals surface area contributed by atoms with Gasteiger partial charge in [0.2, 0.25) is 11.8 Å². The van der Waals surface area contributed by atoms with Gasteiger partial charge in [-0.05, 0) is 42.5 Å². The van der Waals surface area contributed by atoms with Crippen molar-refractivity contribution in [2.24, 2.45) is 0 Å². The average Bonchev–Trinajstić information content (AvgIpc) is 3.34. The van der Waals surface area contributed by atoms with Gasteiger partial charge in [-0.3, -0.25) is 9.59 Å². The minimum absolute atomic E-state index is 0.0246. The standard InChI is InChI=1S/C21H25N3O3/c1-4-19(25)22-12-15-7-9-16(10-8-15)21(26)24-11-5-6-18(24)20-23-17(13-27-20)14(2)3/h4,7-10,13-14,18H,1,5-6,11-12H2,2-3H3,(H,22,25)/t18-/m0/s1. The molecule has 2 amide bonds. The third kappa shape index (κ3) is 4.27. The quantitative estimate of drug-likeness (QED) is 0.792. The number of amides is 2. The molecule has 1 aromatic carbocycles. The van der Waals surface area contributed by atoms with Crippen molar-refractivity contribution in [2.45, 2.75) is 45.2 Å². The van der Waals surface area contributed by atoms with Crippen LogP contribution in [-0.2, 0) is 11.3 Å². The van der Waals surface area contributed by atoms with Crippen molar-refractivity contribution in [1.82, 2.24) is 15.2 Å². The first-order chi connectivity index (χ1) is 13.0. The van der Waals surface area contributed by atoms with Crippen molar-refractivity contribution in [3.63, 3.8) is 0 Å². The van der Waals surface area contributed by atoms with Crippen molar-refractivity contribution in [2.75, 3.05) is 6.54 Å². The molecule has 142 valence electrons. The van der Waals surface area contributed by atoms with Crippen molar-refractivity contribution >= 4 is 11.8 Å². The number of benzene rings is 1. The average molecular weight is 367 g/mol. The van der Waals surface area contributed by atoms with Gasteiger partial charge in [0, 0.05) is 18.7 Å². The third-order valence-corrected chi connectivity index (χ3v) is 4.78. The Morgan fingerprint density at radius 1 is 1.37 bits per heavy atom. The van der Waals surface area contributed by atoms with Gasteiger partial charge in [0.1, 0.15) is 12.3 Å². The molecular formula is C21H25N3O3. The zero-order valence-electron chi connectivity index (χ0n) is 15.8. The van der Waals surface area contributed by atoms with E-state index in [1.54, 1.807) is 18.4 Å². The number of hydrogen-bond acceptors (Lipinski definition) is 4. The van der Waals surface area contributed by atoms with Gasteiger partial charge in [-0.1, -0.05) is 32.6 Å². The van der Waals surface area contributed by atoms with E-state index in [0.29, 0.717) is 30.5 Å². The number of likely N-dealkylation sites (tertiary alicyclic amines) is 1. The van der Waals surface area contributed by atoms with Crippen LogP contribution in [0.25, 0.3) is 0 Å². The van der Waals surface area contributed by atoms with E-state index in [0.717, 1.165) is 24.1 Å². The van der Waals surface area contributed by atoms with Crippen LogP contribution in [0.15, 0.2) is 47.6 Å². The summed E-state index contributed by atoms with van der Waals surface area (Å²) in [6.45, 7) is 8.65. The van der Waals surface area contributed by atoms with Crippen LogP contribution in [0.4, 0.5) is 0 Å². The molecule has 0 saturated carbocycles. The van der Waals surface area contributed by atoms with Crippen LogP contribution >= 0.6 is 0 Å². The molecule has 3 rings (SSSR count). The lowest BCUT2D eigenvalue weighted by Gasteiger charge is -2.22. The van der Waals surface area contributed by atoms with Crippen molar-refractivity contribution in [3.8, 4) is 0 Å². The molecule has 1 atom stereocenters. The highest BCUT2D eigenvalue weighted by Crippen LogP contribution is 2.33. The van der Waals surface area contributed by atoms with E-state index >= 15 is 0 Å². The van der Waals surface area contributed by atoms with E-state index in [-0.39, 0.29) is 17.9 Å². The molecule has 2 aromatic rings. The monoisotopic (exact) mass is 367 g/mol. The summed E-state index contributed by atoms with van der Waals surface area (Å²) in [5.41, 5.74) is 2.46. The maximum Gasteiger partial charge on any atom is 0.254 e. The van der Waals surface area contributed by atoms with E-state index in [1.807, 2.05) is 17.0 Å². The Kier molecular flexibility index (Phi) is 5.74. The number of hydrogen-bond donors (Lipinski definition) is 1. The van der Waals surface area contributed by atoms with Gasteiger partial charge in [0.05, 0.1) is 5.69 Å². The third-order valence-electron chi connectivity index (χ3n) is 4.78. The molecule has 0 unspecified atom stereocenters. The number of nitrogens with zero attached hydrogens (tertiary/aromatic N) is 2. The van der Waals surface area contributed by atoms with Gasteiger partial charge in [0.15, 0.2) is 0 Å². The molecule has 0 spiro atoms. The molecule has 27 heavy (non-hydrogen) atoms. The van der Waals surface area contributed by atoms with E-state index in [4.69, 9.17) is 4.42 Å². The topological polar surface area (TPSA) is 75.4 Å². The molecule has 0 bridgehead atoms. The first-order valence-electron chi connectivity index (χ1n) is 9.25. The first-order valence-corrected chi connectivity index (χ1v) is 9.25. The number of nitrogens with one attached hydrogen (secondary N) is 1. The van der Waals surface area contributed by atoms with Crippen molar-refractivity contribution in [3.05, 3.63) is 65.9 Å². The maximum atomic E-state index is 13.0. The molecule has 1 N–H and O–H groups in total. The van der Waals surface area contributed by atoms with E-state index in [2.05, 4.69) is 30.7 Å². The summed E-state index contributed by atoms with van der Waals surface area (Å²) in [5, 5.41) is 2.72. The molecule has 2 heterocycles. The molecule has 1 aliphatic rings. The smallest absolute Gasteiger partial charge is 0.254 e. The second-order valence-corrected chi connectivity index (χ2v) is 7.04. The van der Waals surface area contributed by atoms with Gasteiger partial charge >= 0.3 is 0 Å². The van der Waals surface area contributed by atoms with Gasteiger partial charge in [-0.25, -0.2) is 4.98 Å². The fourth-order valence-corrected chi connectivity index (χ4v) is 3.18. The van der Waals surface area contributed by atoms with E-state index in [9.17, 15) is 9.59 Å². The summed E-state index contributed by atoms with van der Waals surface area (Å²) in [4.78, 5) is 30.6. The predicted octanol–water partition coefficient (Wildman–Crippen LogP) is 3.58. The lowest BCUT2D eigenvalue weighted by atomic mass is 10.1. The fourth-order valence-electron chi connectivity index (χ4n) is 3.18. The SMILES string of the molecule is C=CC(=O)NCc1ccc(C(=O)N2CCC[C@H]2c2nc(C(C)C)co2)cc1. The zero-order chi connectivity index (χ0) is 19.4. The summed E-state index contributed by atoms with van der Waals surface area (Å²) in [6, 6.07) is 7.18. The number of oxazole rings is 1. The van der Waals surface area contributed by atoms with Crippen LogP contribution in [0, 0.1) is 0 Å². The van der Waals surface area contributed by atoms with E-state index < -0.39 is 0 Å². The molecule has 0 aliphatic carbocycles. The second-order valence-electron chi connectivity index (χ2n) is 7.04. The maximum absolute atomic E-state index is 13.0. The summed E-state index contributed by atoms with van der Waals surface area (Å²) < 4.78 is 5.66. The number of aromatic nitrogens is 1. The summed E-state index contributed by atoms with van der Waals surface area (Å²) >= 11 is 0. The van der Waals surface area contributed by atoms with Crippen LogP contribution in [-0.4, -0.2) is 28.2 Å². The summed E-state index contributed by atoms with van der Waals surface area (Å²) in [5.74, 6) is 0.667. The highest BCUT2D eigenvalue weighted by Gasteiger charge is 2.34. The van der Waals surface area contributed by atoms with Gasteiger partial charge < -0.3 is 14.6 Å². The summed E-state index contributed by atoms with van der Waals surface area (Å²) in [6.07, 6.45) is 4.71.